The second-order valence-electron chi connectivity index (χ2n) is 9.08. The molecule has 188 valence electrons. The zero-order valence-electron chi connectivity index (χ0n) is 20.2. The van der Waals surface area contributed by atoms with Gasteiger partial charge in [-0.3, -0.25) is 9.78 Å². The smallest absolute Gasteiger partial charge is 0.226 e. The number of thiocarbonyl (C=S) groups is 1. The van der Waals surface area contributed by atoms with Crippen LogP contribution in [0.4, 0.5) is 15.8 Å². The van der Waals surface area contributed by atoms with Gasteiger partial charge in [0.2, 0.25) is 5.91 Å². The third-order valence-corrected chi connectivity index (χ3v) is 6.93. The maximum atomic E-state index is 13.6. The van der Waals surface area contributed by atoms with E-state index in [1.54, 1.807) is 30.5 Å². The van der Waals surface area contributed by atoms with Crippen LogP contribution in [0.2, 0.25) is 5.02 Å². The standard InChI is InChI=1S/C28H25ClFN5OS/c1-17(2)27(36)32-22-13-12-20(16-21(22)29)35-26(25(33-28(35)37)23-6-3-4-14-31-23)24-7-5-15-34(24)19-10-8-18(30)9-11-19/h3-17,25-26H,1-2H3,(H,32,36)(H,33,37). The summed E-state index contributed by atoms with van der Waals surface area (Å²) in [6.07, 6.45) is 3.69. The minimum Gasteiger partial charge on any atom is -0.351 e. The molecule has 0 saturated carbocycles. The molecule has 2 unspecified atom stereocenters. The third kappa shape index (κ3) is 4.95. The van der Waals surface area contributed by atoms with Crippen LogP contribution in [0.5, 0.6) is 0 Å². The summed E-state index contributed by atoms with van der Waals surface area (Å²) in [4.78, 5) is 18.8. The van der Waals surface area contributed by atoms with Gasteiger partial charge in [0.15, 0.2) is 5.11 Å². The number of carbonyl (C=O) groups is 1. The molecule has 1 saturated heterocycles. The van der Waals surface area contributed by atoms with Crippen molar-refractivity contribution < 1.29 is 9.18 Å². The summed E-state index contributed by atoms with van der Waals surface area (Å²) >= 11 is 12.4. The third-order valence-electron chi connectivity index (χ3n) is 6.30. The lowest BCUT2D eigenvalue weighted by molar-refractivity contribution is -0.118. The van der Waals surface area contributed by atoms with Crippen LogP contribution in [0.3, 0.4) is 0 Å². The van der Waals surface area contributed by atoms with E-state index in [1.807, 2.05) is 65.9 Å². The predicted octanol–water partition coefficient (Wildman–Crippen LogP) is 6.44. The number of carbonyl (C=O) groups excluding carboxylic acids is 1. The monoisotopic (exact) mass is 533 g/mol. The number of hydrogen-bond donors (Lipinski definition) is 2. The topological polar surface area (TPSA) is 62.2 Å². The van der Waals surface area contributed by atoms with Crippen molar-refractivity contribution in [3.8, 4) is 5.69 Å². The molecule has 0 spiro atoms. The number of benzene rings is 2. The van der Waals surface area contributed by atoms with Crippen LogP contribution in [-0.2, 0) is 4.79 Å². The minimum absolute atomic E-state index is 0.113. The van der Waals surface area contributed by atoms with Gasteiger partial charge in [0.25, 0.3) is 0 Å². The summed E-state index contributed by atoms with van der Waals surface area (Å²) in [6, 6.07) is 21.0. The van der Waals surface area contributed by atoms with E-state index in [4.69, 9.17) is 23.8 Å². The SMILES string of the molecule is CC(C)C(=O)Nc1ccc(N2C(=S)NC(c3ccccn3)C2c2cccn2-c2ccc(F)cc2)cc1Cl. The molecule has 37 heavy (non-hydrogen) atoms. The van der Waals surface area contributed by atoms with E-state index in [-0.39, 0.29) is 29.7 Å². The van der Waals surface area contributed by atoms with Gasteiger partial charge in [-0.1, -0.05) is 31.5 Å². The number of nitrogens with zero attached hydrogens (tertiary/aromatic N) is 3. The molecule has 2 aromatic heterocycles. The molecule has 0 bridgehead atoms. The van der Waals surface area contributed by atoms with E-state index in [0.717, 1.165) is 22.8 Å². The first kappa shape index (κ1) is 24.9. The number of halogens is 2. The maximum Gasteiger partial charge on any atom is 0.226 e. The van der Waals surface area contributed by atoms with E-state index >= 15 is 0 Å². The molecule has 6 nitrogen and oxygen atoms in total. The van der Waals surface area contributed by atoms with E-state index < -0.39 is 0 Å². The molecule has 2 atom stereocenters. The summed E-state index contributed by atoms with van der Waals surface area (Å²) < 4.78 is 15.7. The van der Waals surface area contributed by atoms with Crippen LogP contribution in [0.1, 0.15) is 37.3 Å². The Kier molecular flexibility index (Phi) is 6.95. The van der Waals surface area contributed by atoms with Crippen molar-refractivity contribution in [3.05, 3.63) is 107 Å². The molecular formula is C28H25ClFN5OS. The minimum atomic E-state index is -0.298. The molecular weight excluding hydrogens is 509 g/mol. The number of hydrogen-bond acceptors (Lipinski definition) is 3. The van der Waals surface area contributed by atoms with Crippen molar-refractivity contribution in [1.29, 1.82) is 0 Å². The Balaban J connectivity index is 1.59. The Labute approximate surface area is 225 Å². The number of rotatable bonds is 6. The highest BCUT2D eigenvalue weighted by Gasteiger charge is 2.42. The summed E-state index contributed by atoms with van der Waals surface area (Å²) in [5, 5.41) is 7.22. The number of aromatic nitrogens is 2. The molecule has 0 radical (unpaired) electrons. The van der Waals surface area contributed by atoms with Gasteiger partial charge in [-0.05, 0) is 78.9 Å². The second-order valence-corrected chi connectivity index (χ2v) is 9.88. The average molecular weight is 534 g/mol. The lowest BCUT2D eigenvalue weighted by Gasteiger charge is -2.29. The van der Waals surface area contributed by atoms with Crippen LogP contribution in [0, 0.1) is 11.7 Å². The lowest BCUT2D eigenvalue weighted by Crippen LogP contribution is -2.30. The predicted molar refractivity (Wildman–Crippen MR) is 149 cm³/mol. The Bertz CT molecular complexity index is 1440. The van der Waals surface area contributed by atoms with Crippen molar-refractivity contribution >= 4 is 46.2 Å². The van der Waals surface area contributed by atoms with Crippen LogP contribution in [0.25, 0.3) is 5.69 Å². The molecule has 5 rings (SSSR count). The number of anilines is 2. The lowest BCUT2D eigenvalue weighted by atomic mass is 10.0. The van der Waals surface area contributed by atoms with E-state index in [9.17, 15) is 9.18 Å². The van der Waals surface area contributed by atoms with E-state index in [1.165, 1.54) is 12.1 Å². The molecule has 1 aliphatic heterocycles. The molecule has 1 aliphatic rings. The van der Waals surface area contributed by atoms with Crippen LogP contribution in [0.15, 0.2) is 85.2 Å². The fourth-order valence-corrected chi connectivity index (χ4v) is 5.01. The molecule has 4 aromatic rings. The molecule has 2 N–H and O–H groups in total. The van der Waals surface area contributed by atoms with Gasteiger partial charge >= 0.3 is 0 Å². The van der Waals surface area contributed by atoms with Gasteiger partial charge in [0.05, 0.1) is 22.4 Å². The second kappa shape index (κ2) is 10.3. The number of amides is 1. The van der Waals surface area contributed by atoms with Crippen LogP contribution in [-0.4, -0.2) is 20.6 Å². The zero-order chi connectivity index (χ0) is 26.1. The quantitative estimate of drug-likeness (QED) is 0.279. The first-order chi connectivity index (χ1) is 17.8. The summed E-state index contributed by atoms with van der Waals surface area (Å²) in [5.41, 5.74) is 3.89. The van der Waals surface area contributed by atoms with Gasteiger partial charge in [-0.15, -0.1) is 0 Å². The van der Waals surface area contributed by atoms with Gasteiger partial charge in [-0.25, -0.2) is 4.39 Å². The molecule has 1 fully saturated rings. The highest BCUT2D eigenvalue weighted by atomic mass is 35.5. The summed E-state index contributed by atoms with van der Waals surface area (Å²) in [5.74, 6) is -0.583. The van der Waals surface area contributed by atoms with Crippen LogP contribution >= 0.6 is 23.8 Å². The van der Waals surface area contributed by atoms with Crippen molar-refractivity contribution in [3.63, 3.8) is 0 Å². The summed E-state index contributed by atoms with van der Waals surface area (Å²) in [7, 11) is 0. The molecule has 1 amide bonds. The fourth-order valence-electron chi connectivity index (χ4n) is 4.44. The molecule has 2 aromatic carbocycles. The highest BCUT2D eigenvalue weighted by molar-refractivity contribution is 7.80. The van der Waals surface area contributed by atoms with Crippen molar-refractivity contribution in [2.75, 3.05) is 10.2 Å². The van der Waals surface area contributed by atoms with Crippen molar-refractivity contribution in [1.82, 2.24) is 14.9 Å². The zero-order valence-corrected chi connectivity index (χ0v) is 21.8. The Morgan fingerprint density at radius 1 is 1.08 bits per heavy atom. The first-order valence-corrected chi connectivity index (χ1v) is 12.7. The molecule has 3 heterocycles. The number of pyridine rings is 1. The maximum absolute atomic E-state index is 13.6. The Morgan fingerprint density at radius 2 is 1.84 bits per heavy atom. The van der Waals surface area contributed by atoms with Crippen LogP contribution < -0.4 is 15.5 Å². The van der Waals surface area contributed by atoms with E-state index in [0.29, 0.717) is 15.8 Å². The fraction of sp³-hybridized carbons (Fsp3) is 0.179. The number of nitrogens with one attached hydrogen (secondary N) is 2. The van der Waals surface area contributed by atoms with Gasteiger partial charge in [0.1, 0.15) is 11.9 Å². The largest absolute Gasteiger partial charge is 0.351 e. The highest BCUT2D eigenvalue weighted by Crippen LogP contribution is 2.43. The van der Waals surface area contributed by atoms with Gasteiger partial charge in [0, 0.05) is 35.4 Å². The van der Waals surface area contributed by atoms with E-state index in [2.05, 4.69) is 15.6 Å². The van der Waals surface area contributed by atoms with Crippen molar-refractivity contribution in [2.24, 2.45) is 5.92 Å². The average Bonchev–Trinajstić information content (AvgIpc) is 3.50. The van der Waals surface area contributed by atoms with Crippen molar-refractivity contribution in [2.45, 2.75) is 25.9 Å². The first-order valence-electron chi connectivity index (χ1n) is 11.9. The normalized spacial score (nSPS) is 17.2. The van der Waals surface area contributed by atoms with Gasteiger partial charge in [-0.2, -0.15) is 0 Å². The summed E-state index contributed by atoms with van der Waals surface area (Å²) in [6.45, 7) is 3.65. The van der Waals surface area contributed by atoms with Gasteiger partial charge < -0.3 is 20.1 Å². The Hall–Kier alpha value is -3.75. The Morgan fingerprint density at radius 3 is 2.51 bits per heavy atom. The molecule has 9 heteroatoms. The molecule has 0 aliphatic carbocycles.